The summed E-state index contributed by atoms with van der Waals surface area (Å²) in [5.74, 6) is -0.150. The number of nitrogens with zero attached hydrogens (tertiary/aromatic N) is 2. The molecular formula is C17H24F3N3O3S. The minimum absolute atomic E-state index is 0.0329. The van der Waals surface area contributed by atoms with Crippen LogP contribution in [0.1, 0.15) is 25.8 Å². The first-order chi connectivity index (χ1) is 12.6. The van der Waals surface area contributed by atoms with Crippen LogP contribution >= 0.6 is 0 Å². The second kappa shape index (κ2) is 8.57. The van der Waals surface area contributed by atoms with Crippen molar-refractivity contribution in [3.63, 3.8) is 0 Å². The Labute approximate surface area is 157 Å². The van der Waals surface area contributed by atoms with Crippen LogP contribution in [0.25, 0.3) is 0 Å². The molecule has 0 aromatic heterocycles. The van der Waals surface area contributed by atoms with Crippen LogP contribution in [0.3, 0.4) is 0 Å². The molecule has 6 nitrogen and oxygen atoms in total. The molecule has 1 N–H and O–H groups in total. The Morgan fingerprint density at radius 3 is 2.33 bits per heavy atom. The van der Waals surface area contributed by atoms with Crippen LogP contribution in [-0.2, 0) is 21.0 Å². The summed E-state index contributed by atoms with van der Waals surface area (Å²) in [4.78, 5) is 13.0. The van der Waals surface area contributed by atoms with Crippen molar-refractivity contribution >= 4 is 15.9 Å². The summed E-state index contributed by atoms with van der Waals surface area (Å²) >= 11 is 0. The van der Waals surface area contributed by atoms with Crippen LogP contribution in [0.4, 0.5) is 13.2 Å². The molecule has 0 radical (unpaired) electrons. The lowest BCUT2D eigenvalue weighted by Crippen LogP contribution is -2.51. The number of rotatable bonds is 6. The Bertz CT molecular complexity index is 760. The van der Waals surface area contributed by atoms with Gasteiger partial charge in [-0.25, -0.2) is 8.42 Å². The number of hydrogen-bond acceptors (Lipinski definition) is 4. The Hall–Kier alpha value is -1.65. The number of benzene rings is 1. The molecule has 0 unspecified atom stereocenters. The molecule has 1 atom stereocenters. The van der Waals surface area contributed by atoms with E-state index in [1.807, 2.05) is 13.8 Å². The molecule has 1 aliphatic heterocycles. The van der Waals surface area contributed by atoms with Gasteiger partial charge in [0.1, 0.15) is 0 Å². The molecule has 0 spiro atoms. The first-order valence-electron chi connectivity index (χ1n) is 8.73. The molecule has 1 saturated heterocycles. The Morgan fingerprint density at radius 2 is 1.78 bits per heavy atom. The van der Waals surface area contributed by atoms with Gasteiger partial charge >= 0.3 is 6.18 Å². The van der Waals surface area contributed by atoms with Crippen molar-refractivity contribution in [2.45, 2.75) is 37.4 Å². The van der Waals surface area contributed by atoms with E-state index in [1.165, 1.54) is 6.07 Å². The number of sulfonamides is 1. The fourth-order valence-electron chi connectivity index (χ4n) is 2.82. The molecule has 10 heteroatoms. The van der Waals surface area contributed by atoms with Gasteiger partial charge in [0.15, 0.2) is 0 Å². The van der Waals surface area contributed by atoms with Crippen LogP contribution in [0.15, 0.2) is 29.2 Å². The van der Waals surface area contributed by atoms with Gasteiger partial charge in [-0.05, 0) is 25.5 Å². The summed E-state index contributed by atoms with van der Waals surface area (Å²) in [6, 6.07) is 4.23. The topological polar surface area (TPSA) is 69.7 Å². The molecule has 0 bridgehead atoms. The highest BCUT2D eigenvalue weighted by Gasteiger charge is 2.39. The number of amides is 1. The van der Waals surface area contributed by atoms with Crippen molar-refractivity contribution in [3.8, 4) is 0 Å². The minimum Gasteiger partial charge on any atom is -0.353 e. The SMILES string of the molecule is CC[C@@H](C)NC(=O)CN1CCN(S(=O)(=O)c2ccccc2C(F)(F)F)CC1. The third-order valence-corrected chi connectivity index (χ3v) is 6.49. The quantitative estimate of drug-likeness (QED) is 0.782. The molecule has 152 valence electrons. The number of carbonyl (C=O) groups is 1. The average molecular weight is 407 g/mol. The highest BCUT2D eigenvalue weighted by atomic mass is 32.2. The first-order valence-corrected chi connectivity index (χ1v) is 10.2. The van der Waals surface area contributed by atoms with E-state index >= 15 is 0 Å². The lowest BCUT2D eigenvalue weighted by atomic mass is 10.2. The van der Waals surface area contributed by atoms with Crippen molar-refractivity contribution in [2.75, 3.05) is 32.7 Å². The number of hydrogen-bond donors (Lipinski definition) is 1. The zero-order valence-corrected chi connectivity index (χ0v) is 16.1. The molecule has 2 rings (SSSR count). The molecule has 1 aromatic carbocycles. The van der Waals surface area contributed by atoms with Gasteiger partial charge in [0.05, 0.1) is 17.0 Å². The van der Waals surface area contributed by atoms with E-state index in [0.29, 0.717) is 0 Å². The van der Waals surface area contributed by atoms with Crippen molar-refractivity contribution in [1.82, 2.24) is 14.5 Å². The van der Waals surface area contributed by atoms with Crippen LogP contribution in [0, 0.1) is 0 Å². The highest BCUT2D eigenvalue weighted by Crippen LogP contribution is 2.35. The third-order valence-electron chi connectivity index (χ3n) is 4.53. The van der Waals surface area contributed by atoms with E-state index in [-0.39, 0.29) is 44.7 Å². The maximum atomic E-state index is 13.1. The van der Waals surface area contributed by atoms with Crippen molar-refractivity contribution in [2.24, 2.45) is 0 Å². The van der Waals surface area contributed by atoms with Crippen LogP contribution < -0.4 is 5.32 Å². The van der Waals surface area contributed by atoms with E-state index in [9.17, 15) is 26.4 Å². The lowest BCUT2D eigenvalue weighted by Gasteiger charge is -2.34. The van der Waals surface area contributed by atoms with Crippen LogP contribution in [0.2, 0.25) is 0 Å². The molecule has 0 saturated carbocycles. The maximum Gasteiger partial charge on any atom is 0.417 e. The van der Waals surface area contributed by atoms with Gasteiger partial charge < -0.3 is 5.32 Å². The summed E-state index contributed by atoms with van der Waals surface area (Å²) in [7, 11) is -4.26. The fraction of sp³-hybridized carbons (Fsp3) is 0.588. The van der Waals surface area contributed by atoms with Gasteiger partial charge in [0.2, 0.25) is 15.9 Å². The van der Waals surface area contributed by atoms with Gasteiger partial charge in [0.25, 0.3) is 0 Å². The number of nitrogens with one attached hydrogen (secondary N) is 1. The number of piperazine rings is 1. The van der Waals surface area contributed by atoms with E-state index in [4.69, 9.17) is 0 Å². The summed E-state index contributed by atoms with van der Waals surface area (Å²) in [6.07, 6.45) is -3.95. The third kappa shape index (κ3) is 5.43. The lowest BCUT2D eigenvalue weighted by molar-refractivity contribution is -0.140. The molecular weight excluding hydrogens is 383 g/mol. The van der Waals surface area contributed by atoms with Gasteiger partial charge in [-0.2, -0.15) is 17.5 Å². The largest absolute Gasteiger partial charge is 0.417 e. The average Bonchev–Trinajstić information content (AvgIpc) is 2.61. The Balaban J connectivity index is 2.05. The second-order valence-electron chi connectivity index (χ2n) is 6.55. The summed E-state index contributed by atoms with van der Waals surface area (Å²) in [6.45, 7) is 4.60. The number of alkyl halides is 3. The maximum absolute atomic E-state index is 13.1. The standard InChI is InChI=1S/C17H24F3N3O3S/c1-3-13(2)21-16(24)12-22-8-10-23(11-9-22)27(25,26)15-7-5-4-6-14(15)17(18,19)20/h4-7,13H,3,8-12H2,1-2H3,(H,21,24)/t13-/m1/s1. The minimum atomic E-state index is -4.75. The smallest absolute Gasteiger partial charge is 0.353 e. The van der Waals surface area contributed by atoms with Gasteiger partial charge in [-0.3, -0.25) is 9.69 Å². The summed E-state index contributed by atoms with van der Waals surface area (Å²) < 4.78 is 65.9. The normalized spacial score (nSPS) is 18.3. The van der Waals surface area contributed by atoms with Crippen LogP contribution in [0.5, 0.6) is 0 Å². The Morgan fingerprint density at radius 1 is 1.19 bits per heavy atom. The number of carbonyl (C=O) groups excluding carboxylic acids is 1. The van der Waals surface area contributed by atoms with E-state index in [2.05, 4.69) is 5.32 Å². The van der Waals surface area contributed by atoms with E-state index < -0.39 is 26.7 Å². The van der Waals surface area contributed by atoms with E-state index in [0.717, 1.165) is 28.9 Å². The van der Waals surface area contributed by atoms with Crippen LogP contribution in [-0.4, -0.2) is 62.3 Å². The predicted octanol–water partition coefficient (Wildman–Crippen LogP) is 1.93. The van der Waals surface area contributed by atoms with Crippen molar-refractivity contribution < 1.29 is 26.4 Å². The molecule has 1 aromatic rings. The molecule has 0 aliphatic carbocycles. The van der Waals surface area contributed by atoms with E-state index in [1.54, 1.807) is 4.90 Å². The van der Waals surface area contributed by atoms with Gasteiger partial charge in [0, 0.05) is 32.2 Å². The monoisotopic (exact) mass is 407 g/mol. The van der Waals surface area contributed by atoms with Crippen molar-refractivity contribution in [1.29, 1.82) is 0 Å². The highest BCUT2D eigenvalue weighted by molar-refractivity contribution is 7.89. The molecule has 1 fully saturated rings. The first kappa shape index (κ1) is 21.6. The molecule has 27 heavy (non-hydrogen) atoms. The zero-order chi connectivity index (χ0) is 20.2. The summed E-state index contributed by atoms with van der Waals surface area (Å²) in [5, 5.41) is 2.83. The van der Waals surface area contributed by atoms with Crippen molar-refractivity contribution in [3.05, 3.63) is 29.8 Å². The second-order valence-corrected chi connectivity index (χ2v) is 8.46. The van der Waals surface area contributed by atoms with Gasteiger partial charge in [-0.1, -0.05) is 19.1 Å². The Kier molecular flexibility index (Phi) is 6.87. The fourth-order valence-corrected chi connectivity index (χ4v) is 4.45. The predicted molar refractivity (Wildman–Crippen MR) is 94.5 cm³/mol. The molecule has 1 aliphatic rings. The number of halogens is 3. The van der Waals surface area contributed by atoms with Gasteiger partial charge in [-0.15, -0.1) is 0 Å². The molecule has 1 heterocycles. The molecule has 1 amide bonds. The zero-order valence-electron chi connectivity index (χ0n) is 15.3. The summed E-state index contributed by atoms with van der Waals surface area (Å²) in [5.41, 5.74) is -1.17.